The molecule has 16 heavy (non-hydrogen) atoms. The van der Waals surface area contributed by atoms with E-state index in [2.05, 4.69) is 12.2 Å². The summed E-state index contributed by atoms with van der Waals surface area (Å²) < 4.78 is 5.71. The van der Waals surface area contributed by atoms with E-state index < -0.39 is 0 Å². The Kier molecular flexibility index (Phi) is 5.11. The molecule has 3 unspecified atom stereocenters. The van der Waals surface area contributed by atoms with E-state index in [1.54, 1.807) is 0 Å². The fraction of sp³-hybridized carbons (Fsp3) is 1.00. The smallest absolute Gasteiger partial charge is 0.0576 e. The summed E-state index contributed by atoms with van der Waals surface area (Å²) in [5, 5.41) is 3.72. The maximum Gasteiger partial charge on any atom is 0.0576 e. The Morgan fingerprint density at radius 2 is 2.06 bits per heavy atom. The van der Waals surface area contributed by atoms with Gasteiger partial charge in [0.15, 0.2) is 0 Å². The monoisotopic (exact) mass is 225 g/mol. The Balaban J connectivity index is 1.66. The van der Waals surface area contributed by atoms with Crippen LogP contribution in [-0.2, 0) is 4.74 Å². The van der Waals surface area contributed by atoms with E-state index in [9.17, 15) is 0 Å². The molecule has 0 radical (unpaired) electrons. The molecular formula is C14H27NO. The molecule has 0 aromatic rings. The van der Waals surface area contributed by atoms with Gasteiger partial charge in [-0.05, 0) is 57.4 Å². The lowest BCUT2D eigenvalue weighted by atomic mass is 9.95. The van der Waals surface area contributed by atoms with E-state index in [4.69, 9.17) is 4.74 Å². The number of ether oxygens (including phenoxy) is 1. The van der Waals surface area contributed by atoms with Crippen molar-refractivity contribution in [2.24, 2.45) is 5.92 Å². The molecule has 2 rings (SSSR count). The summed E-state index contributed by atoms with van der Waals surface area (Å²) in [4.78, 5) is 0. The maximum atomic E-state index is 5.71. The van der Waals surface area contributed by atoms with Gasteiger partial charge in [0.05, 0.1) is 6.10 Å². The third kappa shape index (κ3) is 3.46. The minimum atomic E-state index is 0.590. The zero-order valence-corrected chi connectivity index (χ0v) is 10.7. The Bertz CT molecular complexity index is 189. The highest BCUT2D eigenvalue weighted by molar-refractivity contribution is 4.83. The average molecular weight is 225 g/mol. The van der Waals surface area contributed by atoms with Gasteiger partial charge in [-0.2, -0.15) is 0 Å². The van der Waals surface area contributed by atoms with Crippen molar-refractivity contribution in [2.75, 3.05) is 13.2 Å². The van der Waals surface area contributed by atoms with E-state index in [1.807, 2.05) is 0 Å². The molecule has 1 aliphatic carbocycles. The molecule has 1 saturated heterocycles. The third-order valence-electron chi connectivity index (χ3n) is 4.20. The van der Waals surface area contributed by atoms with Gasteiger partial charge in [0.2, 0.25) is 0 Å². The van der Waals surface area contributed by atoms with Crippen molar-refractivity contribution < 1.29 is 4.74 Å². The zero-order valence-electron chi connectivity index (χ0n) is 10.7. The molecule has 0 aromatic carbocycles. The molecule has 3 atom stereocenters. The lowest BCUT2D eigenvalue weighted by Crippen LogP contribution is -2.33. The Morgan fingerprint density at radius 1 is 1.12 bits per heavy atom. The van der Waals surface area contributed by atoms with Crippen LogP contribution in [0.15, 0.2) is 0 Å². The molecule has 0 spiro atoms. The predicted molar refractivity (Wildman–Crippen MR) is 67.6 cm³/mol. The molecule has 0 aromatic heterocycles. The van der Waals surface area contributed by atoms with Crippen molar-refractivity contribution in [3.63, 3.8) is 0 Å². The van der Waals surface area contributed by atoms with Gasteiger partial charge >= 0.3 is 0 Å². The second-order valence-electron chi connectivity index (χ2n) is 5.46. The molecule has 1 heterocycles. The predicted octanol–water partition coefficient (Wildman–Crippen LogP) is 3.11. The molecule has 94 valence electrons. The summed E-state index contributed by atoms with van der Waals surface area (Å²) in [6, 6.07) is 0.807. The first-order chi connectivity index (χ1) is 7.90. The van der Waals surface area contributed by atoms with Crippen molar-refractivity contribution in [3.05, 3.63) is 0 Å². The zero-order chi connectivity index (χ0) is 11.2. The molecule has 0 amide bonds. The SMILES string of the molecule is CCCNC1CCCC1CCC1CCCO1. The average Bonchev–Trinajstić information content (AvgIpc) is 2.94. The van der Waals surface area contributed by atoms with Gasteiger partial charge in [0.1, 0.15) is 0 Å². The normalized spacial score (nSPS) is 34.7. The van der Waals surface area contributed by atoms with E-state index in [0.717, 1.165) is 18.6 Å². The van der Waals surface area contributed by atoms with Crippen molar-refractivity contribution in [1.82, 2.24) is 5.32 Å². The van der Waals surface area contributed by atoms with Crippen molar-refractivity contribution in [2.45, 2.75) is 70.4 Å². The van der Waals surface area contributed by atoms with Crippen molar-refractivity contribution >= 4 is 0 Å². The van der Waals surface area contributed by atoms with Gasteiger partial charge in [-0.1, -0.05) is 13.3 Å². The standard InChI is InChI=1S/C14H27NO/c1-2-10-15-14-7-3-5-12(14)8-9-13-6-4-11-16-13/h12-15H,2-11H2,1H3. The Labute approximate surface area is 100 Å². The number of nitrogens with one attached hydrogen (secondary N) is 1. The van der Waals surface area contributed by atoms with Crippen molar-refractivity contribution in [1.29, 1.82) is 0 Å². The van der Waals surface area contributed by atoms with Crippen LogP contribution in [0.25, 0.3) is 0 Å². The third-order valence-corrected chi connectivity index (χ3v) is 4.20. The minimum absolute atomic E-state index is 0.590. The van der Waals surface area contributed by atoms with Crippen LogP contribution in [0.4, 0.5) is 0 Å². The highest BCUT2D eigenvalue weighted by Crippen LogP contribution is 2.31. The fourth-order valence-electron chi connectivity index (χ4n) is 3.25. The van der Waals surface area contributed by atoms with Crippen LogP contribution in [0.2, 0.25) is 0 Å². The van der Waals surface area contributed by atoms with Crippen LogP contribution >= 0.6 is 0 Å². The molecule has 0 bridgehead atoms. The van der Waals surface area contributed by atoms with Crippen molar-refractivity contribution in [3.8, 4) is 0 Å². The lowest BCUT2D eigenvalue weighted by molar-refractivity contribution is 0.0969. The maximum absolute atomic E-state index is 5.71. The van der Waals surface area contributed by atoms with Gasteiger partial charge in [-0.3, -0.25) is 0 Å². The first kappa shape index (κ1) is 12.4. The summed E-state index contributed by atoms with van der Waals surface area (Å²) >= 11 is 0. The summed E-state index contributed by atoms with van der Waals surface area (Å²) in [6.07, 6.45) is 11.4. The van der Waals surface area contributed by atoms with E-state index in [1.165, 1.54) is 57.9 Å². The summed E-state index contributed by atoms with van der Waals surface area (Å²) in [7, 11) is 0. The number of hydrogen-bond donors (Lipinski definition) is 1. The number of rotatable bonds is 6. The lowest BCUT2D eigenvalue weighted by Gasteiger charge is -2.22. The largest absolute Gasteiger partial charge is 0.378 e. The highest BCUT2D eigenvalue weighted by Gasteiger charge is 2.27. The van der Waals surface area contributed by atoms with Crippen LogP contribution < -0.4 is 5.32 Å². The van der Waals surface area contributed by atoms with Crippen LogP contribution in [0.3, 0.4) is 0 Å². The molecule has 2 fully saturated rings. The van der Waals surface area contributed by atoms with E-state index >= 15 is 0 Å². The van der Waals surface area contributed by atoms with Crippen LogP contribution in [0.1, 0.15) is 58.3 Å². The van der Waals surface area contributed by atoms with Gasteiger partial charge in [-0.15, -0.1) is 0 Å². The minimum Gasteiger partial charge on any atom is -0.378 e. The Morgan fingerprint density at radius 3 is 2.81 bits per heavy atom. The van der Waals surface area contributed by atoms with Gasteiger partial charge in [-0.25, -0.2) is 0 Å². The first-order valence-electron chi connectivity index (χ1n) is 7.25. The van der Waals surface area contributed by atoms with Gasteiger partial charge in [0, 0.05) is 12.6 Å². The molecular weight excluding hydrogens is 198 g/mol. The van der Waals surface area contributed by atoms with Gasteiger partial charge in [0.25, 0.3) is 0 Å². The second-order valence-corrected chi connectivity index (χ2v) is 5.46. The fourth-order valence-corrected chi connectivity index (χ4v) is 3.25. The van der Waals surface area contributed by atoms with Crippen LogP contribution in [0.5, 0.6) is 0 Å². The summed E-state index contributed by atoms with van der Waals surface area (Å²) in [6.45, 7) is 4.46. The van der Waals surface area contributed by atoms with Gasteiger partial charge < -0.3 is 10.1 Å². The molecule has 1 aliphatic heterocycles. The molecule has 1 saturated carbocycles. The molecule has 1 N–H and O–H groups in total. The first-order valence-corrected chi connectivity index (χ1v) is 7.25. The summed E-state index contributed by atoms with van der Waals surface area (Å²) in [5.74, 6) is 0.927. The van der Waals surface area contributed by atoms with E-state index in [0.29, 0.717) is 6.10 Å². The quantitative estimate of drug-likeness (QED) is 0.750. The summed E-state index contributed by atoms with van der Waals surface area (Å²) in [5.41, 5.74) is 0. The van der Waals surface area contributed by atoms with Crippen LogP contribution in [0, 0.1) is 5.92 Å². The van der Waals surface area contributed by atoms with Crippen LogP contribution in [-0.4, -0.2) is 25.3 Å². The van der Waals surface area contributed by atoms with E-state index in [-0.39, 0.29) is 0 Å². The molecule has 2 heteroatoms. The highest BCUT2D eigenvalue weighted by atomic mass is 16.5. The second kappa shape index (κ2) is 6.61. The molecule has 2 nitrogen and oxygen atoms in total. The molecule has 2 aliphatic rings. The Hall–Kier alpha value is -0.0800. The number of hydrogen-bond acceptors (Lipinski definition) is 2. The topological polar surface area (TPSA) is 21.3 Å².